The Balaban J connectivity index is 0.941. The lowest BCUT2D eigenvalue weighted by molar-refractivity contribution is -0.147. The molecule has 0 radical (unpaired) electrons. The van der Waals surface area contributed by atoms with Gasteiger partial charge in [0.2, 0.25) is 35.4 Å². The summed E-state index contributed by atoms with van der Waals surface area (Å²) in [6, 6.07) is 17.4. The van der Waals surface area contributed by atoms with Gasteiger partial charge in [-0.05, 0) is 92.4 Å². The monoisotopic (exact) mass is 1310 g/mol. The van der Waals surface area contributed by atoms with Gasteiger partial charge in [0, 0.05) is 86.8 Å². The van der Waals surface area contributed by atoms with Crippen LogP contribution in [0.2, 0.25) is 0 Å². The van der Waals surface area contributed by atoms with Crippen molar-refractivity contribution >= 4 is 58.4 Å². The normalized spacial score (nSPS) is 25.8. The number of aromatic hydroxyl groups is 1. The molecule has 29 heteroatoms. The molecule has 500 valence electrons. The standard InChI is InChI=1S/C64H82N12O16S/c1-34-31-76-54(55(34)83)60(88)67-30-42(78)28-45(68-56(84)38-9-11-39(12-10-38)61-72-73-62(93-61)40-13-15-41(16-14-40)74-23-19-44(20-24-74)92-33-36-6-4-3-5-7-36)57(85)69-51(35(2)77)63(89)75-32-43(79)29-46(75)58(86)70-52(59(87)71-53(64(76)90)48(81)18-21-65)49(82)26-37-8-17-47(80)50(27-37)91-25-22-66/h3-17,27,34-35,42-46,48-49,51-55,77-83H,18-26,28-33,65-66H2,1-2H3,(H,67,88)(H,68,84)(H,69,85)(H,70,86)(H,71,87)/t34-,35+,42+,43+,45?,46-,48+,49+,51-,52-,53-,54-,55-/m0/s1. The number of fused-ring (bicyclic) bond motifs is 2. The van der Waals surface area contributed by atoms with E-state index in [1.54, 1.807) is 12.1 Å². The Kier molecular flexibility index (Phi) is 23.5. The molecule has 0 spiro atoms. The number of aliphatic hydroxyl groups is 6. The van der Waals surface area contributed by atoms with E-state index in [1.165, 1.54) is 48.6 Å². The number of piperidine rings is 1. The summed E-state index contributed by atoms with van der Waals surface area (Å²) in [4.78, 5) is 106. The zero-order valence-electron chi connectivity index (χ0n) is 51.5. The van der Waals surface area contributed by atoms with Gasteiger partial charge in [-0.3, -0.25) is 33.6 Å². The van der Waals surface area contributed by atoms with Gasteiger partial charge < -0.3 is 98.0 Å². The fourth-order valence-corrected chi connectivity index (χ4v) is 12.8. The molecule has 5 aromatic rings. The topological polar surface area (TPSA) is 427 Å². The third kappa shape index (κ3) is 17.1. The smallest absolute Gasteiger partial charge is 0.251 e. The van der Waals surface area contributed by atoms with Crippen LogP contribution in [0.15, 0.2) is 97.1 Å². The van der Waals surface area contributed by atoms with Crippen molar-refractivity contribution < 1.29 is 78.8 Å². The third-order valence-corrected chi connectivity index (χ3v) is 18.1. The number of nitrogens with two attached hydrogens (primary N) is 2. The van der Waals surface area contributed by atoms with Crippen LogP contribution in [0.25, 0.3) is 21.1 Å². The largest absolute Gasteiger partial charge is 0.504 e. The Labute approximate surface area is 540 Å². The van der Waals surface area contributed by atoms with E-state index in [0.717, 1.165) is 59.5 Å². The Morgan fingerprint density at radius 1 is 0.720 bits per heavy atom. The first kappa shape index (κ1) is 69.1. The molecule has 0 aliphatic carbocycles. The first-order valence-electron chi connectivity index (χ1n) is 31.1. The average molecular weight is 1310 g/mol. The quantitative estimate of drug-likeness (QED) is 0.0470. The molecule has 1 aromatic heterocycles. The van der Waals surface area contributed by atoms with E-state index < -0.39 is 152 Å². The van der Waals surface area contributed by atoms with Crippen molar-refractivity contribution in [2.45, 2.75) is 138 Å². The molecular weight excluding hydrogens is 1220 g/mol. The SMILES string of the molecule is C[C@@H](O)[C@@H]1NC(=O)C(NC(=O)c2ccc(-c3nnc(-c4ccc(N5CCC(OCc6ccccc6)CC5)cc4)s3)cc2)C[C@@H](O)CNC(=O)[C@@H]2[C@@H](O)[C@@H](C)CN2C(=O)[C@H]([C@H](O)CCN)NC(=O)[C@H]([C@H](O)Cc2ccc(O)c(OCCN)c2)NC(=O)[C@@H]2C[C@@H](O)CN2C1=O. The van der Waals surface area contributed by atoms with Crippen LogP contribution >= 0.6 is 11.3 Å². The van der Waals surface area contributed by atoms with Gasteiger partial charge >= 0.3 is 0 Å². The second-order valence-corrected chi connectivity index (χ2v) is 25.0. The number of benzene rings is 4. The van der Waals surface area contributed by atoms with Crippen LogP contribution in [0.1, 0.15) is 67.4 Å². The first-order chi connectivity index (χ1) is 44.6. The number of aliphatic hydroxyl groups excluding tert-OH is 6. The molecule has 28 nitrogen and oxygen atoms in total. The minimum atomic E-state index is -2.04. The number of phenols is 1. The lowest BCUT2D eigenvalue weighted by Crippen LogP contribution is -2.64. The summed E-state index contributed by atoms with van der Waals surface area (Å²) in [6.07, 6.45) is -9.87. The molecule has 13 atom stereocenters. The lowest BCUT2D eigenvalue weighted by atomic mass is 9.98. The number of phenolic OH excluding ortho intramolecular Hbond substituents is 1. The molecule has 4 aromatic carbocycles. The van der Waals surface area contributed by atoms with Gasteiger partial charge in [0.05, 0.1) is 49.3 Å². The number of amides is 7. The maximum absolute atomic E-state index is 14.7. The summed E-state index contributed by atoms with van der Waals surface area (Å²) in [5, 5.41) is 101. The van der Waals surface area contributed by atoms with Crippen LogP contribution in [-0.2, 0) is 46.5 Å². The summed E-state index contributed by atoms with van der Waals surface area (Å²) in [6.45, 7) is 3.36. The Bertz CT molecular complexity index is 3400. The molecule has 7 amide bonds. The van der Waals surface area contributed by atoms with Crippen molar-refractivity contribution in [2.24, 2.45) is 17.4 Å². The second-order valence-electron chi connectivity index (χ2n) is 24.0. The molecule has 5 heterocycles. The number of rotatable bonds is 18. The highest BCUT2D eigenvalue weighted by Gasteiger charge is 2.50. The molecule has 0 saturated carbocycles. The van der Waals surface area contributed by atoms with Gasteiger partial charge in [-0.15, -0.1) is 10.2 Å². The average Bonchev–Trinajstić information content (AvgIpc) is 1.72. The maximum Gasteiger partial charge on any atom is 0.251 e. The number of carbonyl (C=O) groups excluding carboxylic acids is 7. The van der Waals surface area contributed by atoms with Gasteiger partial charge in [-0.25, -0.2) is 0 Å². The third-order valence-electron chi connectivity index (χ3n) is 17.1. The van der Waals surface area contributed by atoms with Gasteiger partial charge in [-0.2, -0.15) is 0 Å². The summed E-state index contributed by atoms with van der Waals surface area (Å²) in [5.41, 5.74) is 15.4. The maximum atomic E-state index is 14.7. The van der Waals surface area contributed by atoms with Crippen LogP contribution in [0.4, 0.5) is 5.69 Å². The molecule has 1 unspecified atom stereocenters. The fraction of sp³-hybridized carbons (Fsp3) is 0.484. The molecule has 0 bridgehead atoms. The van der Waals surface area contributed by atoms with Crippen LogP contribution in [0.5, 0.6) is 11.5 Å². The zero-order chi connectivity index (χ0) is 66.6. The number of nitrogens with zero attached hydrogens (tertiary/aromatic N) is 5. The number of ether oxygens (including phenoxy) is 2. The van der Waals surface area contributed by atoms with Crippen LogP contribution in [-0.4, -0.2) is 228 Å². The first-order valence-corrected chi connectivity index (χ1v) is 31.9. The Hall–Kier alpha value is -8.23. The molecule has 93 heavy (non-hydrogen) atoms. The van der Waals surface area contributed by atoms with Crippen molar-refractivity contribution in [3.63, 3.8) is 0 Å². The molecule has 4 aliphatic rings. The van der Waals surface area contributed by atoms with Crippen LogP contribution in [0, 0.1) is 5.92 Å². The van der Waals surface area contributed by atoms with Crippen LogP contribution in [0.3, 0.4) is 0 Å². The highest BCUT2D eigenvalue weighted by atomic mass is 32.1. The van der Waals surface area contributed by atoms with Crippen molar-refractivity contribution in [3.8, 4) is 32.6 Å². The van der Waals surface area contributed by atoms with E-state index in [1.807, 2.05) is 30.3 Å². The number of aromatic nitrogens is 2. The lowest BCUT2D eigenvalue weighted by Gasteiger charge is -2.34. The summed E-state index contributed by atoms with van der Waals surface area (Å²) in [5.74, 6) is -8.65. The van der Waals surface area contributed by atoms with Crippen molar-refractivity contribution in [2.75, 3.05) is 57.3 Å². The van der Waals surface area contributed by atoms with E-state index in [9.17, 15) is 69.3 Å². The van der Waals surface area contributed by atoms with Gasteiger partial charge in [0.25, 0.3) is 5.91 Å². The fourth-order valence-electron chi connectivity index (χ4n) is 11.9. The van der Waals surface area contributed by atoms with Gasteiger partial charge in [0.15, 0.2) is 11.5 Å². The minimum absolute atomic E-state index is 0.00582. The molecular formula is C64H82N12O16S. The second kappa shape index (κ2) is 31.6. The van der Waals surface area contributed by atoms with E-state index in [2.05, 4.69) is 65.9 Å². The van der Waals surface area contributed by atoms with Crippen LogP contribution < -0.4 is 47.7 Å². The van der Waals surface area contributed by atoms with E-state index >= 15 is 0 Å². The number of β-amino-alcohol motifs (C(OH)–C–C–N with tert-alkyl or cyclic N) is 1. The van der Waals surface area contributed by atoms with Gasteiger partial charge in [0.1, 0.15) is 52.9 Å². The highest BCUT2D eigenvalue weighted by molar-refractivity contribution is 7.17. The van der Waals surface area contributed by atoms with E-state index in [4.69, 9.17) is 20.9 Å². The summed E-state index contributed by atoms with van der Waals surface area (Å²) >= 11 is 1.33. The van der Waals surface area contributed by atoms with E-state index in [-0.39, 0.29) is 61.4 Å². The molecule has 4 fully saturated rings. The zero-order valence-corrected chi connectivity index (χ0v) is 52.3. The highest BCUT2D eigenvalue weighted by Crippen LogP contribution is 2.33. The number of nitrogens with one attached hydrogen (secondary N) is 5. The minimum Gasteiger partial charge on any atom is -0.504 e. The molecule has 16 N–H and O–H groups in total. The van der Waals surface area contributed by atoms with Gasteiger partial charge in [-0.1, -0.05) is 66.8 Å². The van der Waals surface area contributed by atoms with Crippen molar-refractivity contribution in [3.05, 3.63) is 114 Å². The summed E-state index contributed by atoms with van der Waals surface area (Å²) in [7, 11) is 0. The molecule has 4 aliphatic heterocycles. The van der Waals surface area contributed by atoms with Crippen molar-refractivity contribution in [1.82, 2.24) is 46.6 Å². The van der Waals surface area contributed by atoms with Crippen molar-refractivity contribution in [1.29, 1.82) is 0 Å². The predicted molar refractivity (Wildman–Crippen MR) is 338 cm³/mol. The number of hydrogen-bond acceptors (Lipinski definition) is 22. The number of carbonyl (C=O) groups is 7. The van der Waals surface area contributed by atoms with E-state index in [0.29, 0.717) is 22.2 Å². The Morgan fingerprint density at radius 3 is 2.02 bits per heavy atom. The molecule has 4 saturated heterocycles. The number of hydrogen-bond donors (Lipinski definition) is 14. The predicted octanol–water partition coefficient (Wildman–Crippen LogP) is -1.60. The number of anilines is 1. The Morgan fingerprint density at radius 2 is 1.37 bits per heavy atom. The molecule has 9 rings (SSSR count). The summed E-state index contributed by atoms with van der Waals surface area (Å²) < 4.78 is 11.7.